The number of aromatic amines is 1. The van der Waals surface area contributed by atoms with Gasteiger partial charge in [0, 0.05) is 18.3 Å². The van der Waals surface area contributed by atoms with Crippen molar-refractivity contribution in [2.45, 2.75) is 71.1 Å². The molecule has 0 aliphatic heterocycles. The number of hydrogen-bond donors (Lipinski definition) is 7. The number of nitrogens with two attached hydrogens (primary N) is 1. The van der Waals surface area contributed by atoms with Crippen LogP contribution in [0.25, 0.3) is 0 Å². The van der Waals surface area contributed by atoms with Gasteiger partial charge in [-0.3, -0.25) is 14.4 Å². The van der Waals surface area contributed by atoms with E-state index in [9.17, 15) is 24.3 Å². The van der Waals surface area contributed by atoms with Crippen molar-refractivity contribution in [1.29, 1.82) is 0 Å². The lowest BCUT2D eigenvalue weighted by Crippen LogP contribution is -2.58. The van der Waals surface area contributed by atoms with Crippen LogP contribution >= 0.6 is 0 Å². The van der Waals surface area contributed by atoms with E-state index in [0.29, 0.717) is 12.1 Å². The van der Waals surface area contributed by atoms with Crippen LogP contribution in [0.2, 0.25) is 0 Å². The molecule has 8 N–H and O–H groups in total. The van der Waals surface area contributed by atoms with Crippen LogP contribution in [-0.2, 0) is 25.6 Å². The first-order valence-corrected chi connectivity index (χ1v) is 11.0. The molecule has 5 atom stereocenters. The molecule has 0 aliphatic carbocycles. The normalized spacial score (nSPS) is 15.7. The molecule has 1 heterocycles. The van der Waals surface area contributed by atoms with Crippen LogP contribution in [0.15, 0.2) is 12.5 Å². The molecule has 0 saturated heterocycles. The molecular weight excluding hydrogens is 432 g/mol. The molecule has 0 fully saturated rings. The molecule has 0 spiro atoms. The molecule has 0 aliphatic rings. The highest BCUT2D eigenvalue weighted by Crippen LogP contribution is 2.09. The second-order valence-electron chi connectivity index (χ2n) is 8.53. The number of aliphatic carboxylic acids is 1. The number of nitrogens with one attached hydrogen (secondary N) is 4. The van der Waals surface area contributed by atoms with E-state index >= 15 is 0 Å². The average Bonchev–Trinajstić information content (AvgIpc) is 3.27. The molecular formula is C21H36N6O6. The number of carboxylic acid groups (broad SMARTS) is 1. The fourth-order valence-corrected chi connectivity index (χ4v) is 3.04. The maximum atomic E-state index is 13.1. The van der Waals surface area contributed by atoms with E-state index in [1.165, 1.54) is 12.5 Å². The Hall–Kier alpha value is -2.99. The molecule has 1 rings (SSSR count). The lowest BCUT2D eigenvalue weighted by atomic mass is 9.98. The maximum Gasteiger partial charge on any atom is 0.328 e. The van der Waals surface area contributed by atoms with Gasteiger partial charge in [0.1, 0.15) is 18.1 Å². The van der Waals surface area contributed by atoms with E-state index in [1.807, 2.05) is 27.7 Å². The highest BCUT2D eigenvalue weighted by molar-refractivity contribution is 5.94. The summed E-state index contributed by atoms with van der Waals surface area (Å²) < 4.78 is 0. The van der Waals surface area contributed by atoms with Gasteiger partial charge in [-0.15, -0.1) is 0 Å². The molecule has 0 bridgehead atoms. The van der Waals surface area contributed by atoms with Gasteiger partial charge in [-0.05, 0) is 18.3 Å². The Morgan fingerprint density at radius 3 is 2.09 bits per heavy atom. The van der Waals surface area contributed by atoms with Crippen molar-refractivity contribution in [3.05, 3.63) is 18.2 Å². The molecule has 1 aromatic rings. The maximum absolute atomic E-state index is 13.1. The summed E-state index contributed by atoms with van der Waals surface area (Å²) in [5.74, 6) is -3.40. The van der Waals surface area contributed by atoms with Crippen molar-refractivity contribution >= 4 is 23.7 Å². The van der Waals surface area contributed by atoms with Crippen molar-refractivity contribution < 1.29 is 29.4 Å². The van der Waals surface area contributed by atoms with E-state index in [-0.39, 0.29) is 24.7 Å². The van der Waals surface area contributed by atoms with Crippen LogP contribution in [-0.4, -0.2) is 74.6 Å². The number of H-pyrrole nitrogens is 1. The zero-order valence-corrected chi connectivity index (χ0v) is 19.5. The van der Waals surface area contributed by atoms with Crippen LogP contribution in [0.1, 0.15) is 46.2 Å². The third-order valence-electron chi connectivity index (χ3n) is 5.31. The minimum atomic E-state index is -1.50. The number of aliphatic hydroxyl groups is 1. The van der Waals surface area contributed by atoms with Gasteiger partial charge < -0.3 is 36.9 Å². The Morgan fingerprint density at radius 2 is 1.61 bits per heavy atom. The summed E-state index contributed by atoms with van der Waals surface area (Å²) in [5, 5.41) is 25.7. The third-order valence-corrected chi connectivity index (χ3v) is 5.31. The minimum absolute atomic E-state index is 0.0158. The monoisotopic (exact) mass is 468 g/mol. The van der Waals surface area contributed by atoms with Gasteiger partial charge in [-0.1, -0.05) is 34.1 Å². The average molecular weight is 469 g/mol. The van der Waals surface area contributed by atoms with Crippen LogP contribution in [0, 0.1) is 11.8 Å². The van der Waals surface area contributed by atoms with Crippen molar-refractivity contribution in [2.24, 2.45) is 17.6 Å². The number of aromatic nitrogens is 2. The van der Waals surface area contributed by atoms with E-state index < -0.39 is 54.5 Å². The topological polar surface area (TPSA) is 200 Å². The smallest absolute Gasteiger partial charge is 0.328 e. The van der Waals surface area contributed by atoms with E-state index in [4.69, 9.17) is 10.8 Å². The molecule has 12 heteroatoms. The second kappa shape index (κ2) is 13.5. The molecule has 186 valence electrons. The summed E-state index contributed by atoms with van der Waals surface area (Å²) in [7, 11) is 0. The Kier molecular flexibility index (Phi) is 11.5. The third kappa shape index (κ3) is 9.18. The van der Waals surface area contributed by atoms with E-state index in [1.54, 1.807) is 0 Å². The first-order chi connectivity index (χ1) is 15.5. The number of nitrogens with zero attached hydrogens (tertiary/aromatic N) is 1. The summed E-state index contributed by atoms with van der Waals surface area (Å²) in [5.41, 5.74) is 6.59. The number of imidazole rings is 1. The number of carbonyl (C=O) groups excluding carboxylic acids is 3. The van der Waals surface area contributed by atoms with Gasteiger partial charge in [0.25, 0.3) is 0 Å². The first-order valence-electron chi connectivity index (χ1n) is 11.0. The van der Waals surface area contributed by atoms with Gasteiger partial charge in [0.2, 0.25) is 17.7 Å². The Morgan fingerprint density at radius 1 is 1.03 bits per heavy atom. The molecule has 33 heavy (non-hydrogen) atoms. The molecule has 5 unspecified atom stereocenters. The van der Waals surface area contributed by atoms with Gasteiger partial charge in [0.15, 0.2) is 0 Å². The fourth-order valence-electron chi connectivity index (χ4n) is 3.04. The van der Waals surface area contributed by atoms with Gasteiger partial charge in [-0.2, -0.15) is 0 Å². The van der Waals surface area contributed by atoms with Crippen LogP contribution in [0.4, 0.5) is 0 Å². The zero-order chi connectivity index (χ0) is 25.1. The predicted molar refractivity (Wildman–Crippen MR) is 120 cm³/mol. The van der Waals surface area contributed by atoms with Gasteiger partial charge >= 0.3 is 5.97 Å². The second-order valence-corrected chi connectivity index (χ2v) is 8.53. The molecule has 1 aromatic heterocycles. The summed E-state index contributed by atoms with van der Waals surface area (Å²) in [6.45, 7) is 6.61. The Balaban J connectivity index is 3.04. The predicted octanol–water partition coefficient (Wildman–Crippen LogP) is -1.10. The molecule has 12 nitrogen and oxygen atoms in total. The van der Waals surface area contributed by atoms with Gasteiger partial charge in [-0.25, -0.2) is 9.78 Å². The van der Waals surface area contributed by atoms with E-state index in [0.717, 1.165) is 0 Å². The number of amides is 3. The van der Waals surface area contributed by atoms with Gasteiger partial charge in [0.05, 0.1) is 19.0 Å². The highest BCUT2D eigenvalue weighted by atomic mass is 16.4. The molecule has 0 saturated carbocycles. The fraction of sp³-hybridized carbons (Fsp3) is 0.667. The molecule has 0 aromatic carbocycles. The number of hydrogen-bond acceptors (Lipinski definition) is 7. The number of carboxylic acids is 1. The van der Waals surface area contributed by atoms with Crippen LogP contribution < -0.4 is 21.7 Å². The SMILES string of the molecule is CCC(C)C(N)C(=O)NC(Cc1cnc[nH]1)C(=O)NC(CC(C)C)C(=O)NC(CO)C(=O)O. The summed E-state index contributed by atoms with van der Waals surface area (Å²) in [6.07, 6.45) is 3.92. The number of aliphatic hydroxyl groups excluding tert-OH is 1. The quantitative estimate of drug-likeness (QED) is 0.178. The standard InChI is InChI=1S/C21H36N6O6/c1-5-12(4)17(22)20(31)26-15(7-13-8-23-10-24-13)19(30)25-14(6-11(2)3)18(29)27-16(9-28)21(32)33/h8,10-12,14-17,28H,5-7,9,22H2,1-4H3,(H,23,24)(H,25,30)(H,26,31)(H,27,29)(H,32,33). The summed E-state index contributed by atoms with van der Waals surface area (Å²) in [6, 6.07) is -4.44. The Labute approximate surface area is 193 Å². The van der Waals surface area contributed by atoms with Crippen molar-refractivity contribution in [2.75, 3.05) is 6.61 Å². The van der Waals surface area contributed by atoms with Crippen molar-refractivity contribution in [1.82, 2.24) is 25.9 Å². The van der Waals surface area contributed by atoms with Crippen LogP contribution in [0.3, 0.4) is 0 Å². The molecule has 3 amide bonds. The summed E-state index contributed by atoms with van der Waals surface area (Å²) >= 11 is 0. The van der Waals surface area contributed by atoms with Crippen molar-refractivity contribution in [3.8, 4) is 0 Å². The lowest BCUT2D eigenvalue weighted by molar-refractivity contribution is -0.143. The first kappa shape index (κ1) is 28.0. The zero-order valence-electron chi connectivity index (χ0n) is 19.5. The minimum Gasteiger partial charge on any atom is -0.480 e. The van der Waals surface area contributed by atoms with Crippen molar-refractivity contribution in [3.63, 3.8) is 0 Å². The lowest BCUT2D eigenvalue weighted by Gasteiger charge is -2.26. The number of rotatable bonds is 14. The number of carbonyl (C=O) groups is 4. The largest absolute Gasteiger partial charge is 0.480 e. The Bertz CT molecular complexity index is 784. The van der Waals surface area contributed by atoms with Crippen LogP contribution in [0.5, 0.6) is 0 Å². The van der Waals surface area contributed by atoms with E-state index in [2.05, 4.69) is 25.9 Å². The highest BCUT2D eigenvalue weighted by Gasteiger charge is 2.31. The summed E-state index contributed by atoms with van der Waals surface area (Å²) in [4.78, 5) is 56.3. The molecule has 0 radical (unpaired) electrons.